The molecule has 0 saturated carbocycles. The summed E-state index contributed by atoms with van der Waals surface area (Å²) in [6.07, 6.45) is 1.40. The van der Waals surface area contributed by atoms with Crippen molar-refractivity contribution in [2.24, 2.45) is 5.10 Å². The van der Waals surface area contributed by atoms with Crippen molar-refractivity contribution >= 4 is 23.8 Å². The maximum atomic E-state index is 12.2. The Bertz CT molecular complexity index is 1140. The zero-order valence-electron chi connectivity index (χ0n) is 17.1. The molecule has 32 heavy (non-hydrogen) atoms. The van der Waals surface area contributed by atoms with Gasteiger partial charge >= 0.3 is 5.97 Å². The highest BCUT2D eigenvalue weighted by Gasteiger charge is 2.11. The van der Waals surface area contributed by atoms with E-state index in [-0.39, 0.29) is 11.3 Å². The molecule has 0 aromatic heterocycles. The number of esters is 1. The monoisotopic (exact) mass is 433 g/mol. The Kier molecular flexibility index (Phi) is 7.26. The van der Waals surface area contributed by atoms with Gasteiger partial charge in [-0.15, -0.1) is 0 Å². The molecule has 1 amide bonds. The van der Waals surface area contributed by atoms with Gasteiger partial charge in [0.15, 0.2) is 0 Å². The molecule has 3 rings (SSSR count). The molecule has 0 aliphatic rings. The molecule has 0 fully saturated rings. The van der Waals surface area contributed by atoms with E-state index in [2.05, 4.69) is 10.5 Å². The zero-order valence-corrected chi connectivity index (χ0v) is 17.1. The van der Waals surface area contributed by atoms with Gasteiger partial charge in [0.2, 0.25) is 0 Å². The molecule has 0 atom stereocenters. The summed E-state index contributed by atoms with van der Waals surface area (Å²) in [5, 5.41) is 14.6. The average molecular weight is 433 g/mol. The van der Waals surface area contributed by atoms with Gasteiger partial charge in [-0.25, -0.2) is 10.2 Å². The fraction of sp³-hybridized carbons (Fsp3) is 0.0870. The van der Waals surface area contributed by atoms with E-state index in [1.54, 1.807) is 48.5 Å². The Morgan fingerprint density at radius 3 is 2.34 bits per heavy atom. The number of carbonyl (C=O) groups excluding carboxylic acids is 2. The smallest absolute Gasteiger partial charge is 0.343 e. The number of nitrogens with zero attached hydrogens (tertiary/aromatic N) is 2. The van der Waals surface area contributed by atoms with E-state index < -0.39 is 16.8 Å². The van der Waals surface area contributed by atoms with Crippen LogP contribution in [0.2, 0.25) is 0 Å². The lowest BCUT2D eigenvalue weighted by Crippen LogP contribution is -2.17. The van der Waals surface area contributed by atoms with Crippen LogP contribution < -0.4 is 14.9 Å². The van der Waals surface area contributed by atoms with Gasteiger partial charge in [0.25, 0.3) is 11.6 Å². The average Bonchev–Trinajstić information content (AvgIpc) is 2.81. The van der Waals surface area contributed by atoms with Gasteiger partial charge < -0.3 is 9.47 Å². The first-order valence-electron chi connectivity index (χ1n) is 9.59. The maximum absolute atomic E-state index is 12.2. The van der Waals surface area contributed by atoms with Crippen molar-refractivity contribution in [3.63, 3.8) is 0 Å². The third-order valence-corrected chi connectivity index (χ3v) is 4.19. The second-order valence-corrected chi connectivity index (χ2v) is 6.42. The number of hydrogen-bond acceptors (Lipinski definition) is 7. The number of nitro groups is 1. The highest BCUT2D eigenvalue weighted by atomic mass is 16.6. The minimum absolute atomic E-state index is 0.118. The first-order valence-corrected chi connectivity index (χ1v) is 9.59. The Balaban J connectivity index is 1.55. The van der Waals surface area contributed by atoms with Crippen LogP contribution in [0.1, 0.15) is 33.2 Å². The number of hydrogen-bond donors (Lipinski definition) is 1. The lowest BCUT2D eigenvalue weighted by Gasteiger charge is -2.06. The van der Waals surface area contributed by atoms with Crippen LogP contribution in [0.3, 0.4) is 0 Å². The van der Waals surface area contributed by atoms with Gasteiger partial charge in [0.05, 0.1) is 23.3 Å². The van der Waals surface area contributed by atoms with Crippen molar-refractivity contribution in [1.29, 1.82) is 0 Å². The van der Waals surface area contributed by atoms with E-state index in [4.69, 9.17) is 9.47 Å². The Morgan fingerprint density at radius 2 is 1.69 bits per heavy atom. The van der Waals surface area contributed by atoms with Crippen molar-refractivity contribution in [3.8, 4) is 11.5 Å². The molecule has 0 unspecified atom stereocenters. The molecule has 0 heterocycles. The van der Waals surface area contributed by atoms with Crippen molar-refractivity contribution < 1.29 is 24.0 Å². The summed E-state index contributed by atoms with van der Waals surface area (Å²) < 4.78 is 10.7. The van der Waals surface area contributed by atoms with Gasteiger partial charge in [-0.3, -0.25) is 14.9 Å². The molecule has 1 N–H and O–H groups in total. The molecular weight excluding hydrogens is 414 g/mol. The van der Waals surface area contributed by atoms with Crippen molar-refractivity contribution in [2.75, 3.05) is 6.61 Å². The van der Waals surface area contributed by atoms with E-state index in [0.29, 0.717) is 29.2 Å². The number of nitro benzene ring substituents is 1. The lowest BCUT2D eigenvalue weighted by atomic mass is 10.2. The lowest BCUT2D eigenvalue weighted by molar-refractivity contribution is -0.384. The number of hydrazone groups is 1. The summed E-state index contributed by atoms with van der Waals surface area (Å²) in [6.45, 7) is 2.42. The molecule has 0 saturated heterocycles. The van der Waals surface area contributed by atoms with E-state index in [0.717, 1.165) is 0 Å². The van der Waals surface area contributed by atoms with Crippen molar-refractivity contribution in [2.45, 2.75) is 6.92 Å². The van der Waals surface area contributed by atoms with E-state index in [1.807, 2.05) is 6.92 Å². The number of benzene rings is 3. The van der Waals surface area contributed by atoms with Gasteiger partial charge in [0.1, 0.15) is 11.5 Å². The van der Waals surface area contributed by atoms with Crippen molar-refractivity contribution in [3.05, 3.63) is 99.6 Å². The predicted molar refractivity (Wildman–Crippen MR) is 117 cm³/mol. The van der Waals surface area contributed by atoms with Crippen molar-refractivity contribution in [1.82, 2.24) is 5.43 Å². The normalized spacial score (nSPS) is 10.5. The van der Waals surface area contributed by atoms with Crippen LogP contribution in [0.5, 0.6) is 11.5 Å². The van der Waals surface area contributed by atoms with E-state index >= 15 is 0 Å². The number of rotatable bonds is 8. The van der Waals surface area contributed by atoms with E-state index in [1.165, 1.54) is 30.5 Å². The minimum atomic E-state index is -0.579. The largest absolute Gasteiger partial charge is 0.494 e. The van der Waals surface area contributed by atoms with E-state index in [9.17, 15) is 19.7 Å². The molecule has 9 nitrogen and oxygen atoms in total. The predicted octanol–water partition coefficient (Wildman–Crippen LogP) is 3.98. The third kappa shape index (κ3) is 5.99. The summed E-state index contributed by atoms with van der Waals surface area (Å²) in [5.41, 5.74) is 3.28. The van der Waals surface area contributed by atoms with Gasteiger partial charge in [0, 0.05) is 17.7 Å². The Labute approximate surface area is 183 Å². The fourth-order valence-corrected chi connectivity index (χ4v) is 2.63. The zero-order chi connectivity index (χ0) is 22.9. The second kappa shape index (κ2) is 10.5. The topological polar surface area (TPSA) is 120 Å². The Morgan fingerprint density at radius 1 is 1.00 bits per heavy atom. The number of carbonyl (C=O) groups is 2. The summed E-state index contributed by atoms with van der Waals surface area (Å²) >= 11 is 0. The molecule has 9 heteroatoms. The first-order chi connectivity index (χ1) is 15.5. The summed E-state index contributed by atoms with van der Waals surface area (Å²) in [6, 6.07) is 18.5. The van der Waals surface area contributed by atoms with Crippen LogP contribution >= 0.6 is 0 Å². The molecule has 0 aliphatic heterocycles. The van der Waals surface area contributed by atoms with Crippen LogP contribution in [0.25, 0.3) is 0 Å². The number of amides is 1. The van der Waals surface area contributed by atoms with Crippen LogP contribution in [-0.2, 0) is 0 Å². The molecule has 0 bridgehead atoms. The van der Waals surface area contributed by atoms with Crippen LogP contribution in [0, 0.1) is 10.1 Å². The number of nitrogens with one attached hydrogen (secondary N) is 1. The minimum Gasteiger partial charge on any atom is -0.494 e. The molecular formula is C23H19N3O6. The first kappa shape index (κ1) is 22.2. The van der Waals surface area contributed by atoms with Gasteiger partial charge in [-0.05, 0) is 67.1 Å². The maximum Gasteiger partial charge on any atom is 0.343 e. The standard InChI is InChI=1S/C23H19N3O6/c1-2-31-20-12-8-17(9-13-20)23(28)32-21-10-6-16(7-11-21)15-24-25-22(27)18-4-3-5-19(14-18)26(29)30/h3-15H,2H2,1H3,(H,25,27). The summed E-state index contributed by atoms with van der Waals surface area (Å²) in [4.78, 5) is 34.5. The Hall–Kier alpha value is -4.53. The van der Waals surface area contributed by atoms with Crippen LogP contribution in [0.4, 0.5) is 5.69 Å². The third-order valence-electron chi connectivity index (χ3n) is 4.19. The van der Waals surface area contributed by atoms with Crippen LogP contribution in [0.15, 0.2) is 77.9 Å². The number of ether oxygens (including phenoxy) is 2. The second-order valence-electron chi connectivity index (χ2n) is 6.42. The highest BCUT2D eigenvalue weighted by molar-refractivity contribution is 5.95. The molecule has 3 aromatic rings. The summed E-state index contributed by atoms with van der Waals surface area (Å²) in [7, 11) is 0. The molecule has 162 valence electrons. The quantitative estimate of drug-likeness (QED) is 0.189. The van der Waals surface area contributed by atoms with Gasteiger partial charge in [-0.1, -0.05) is 6.07 Å². The number of non-ortho nitro benzene ring substituents is 1. The fourth-order valence-electron chi connectivity index (χ4n) is 2.63. The SMILES string of the molecule is CCOc1ccc(C(=O)Oc2ccc(C=NNC(=O)c3cccc([N+](=O)[O-])c3)cc2)cc1. The molecule has 0 radical (unpaired) electrons. The molecule has 0 aliphatic carbocycles. The highest BCUT2D eigenvalue weighted by Crippen LogP contribution is 2.17. The summed E-state index contributed by atoms with van der Waals surface area (Å²) in [5.74, 6) is -0.0588. The molecule has 0 spiro atoms. The van der Waals surface area contributed by atoms with Gasteiger partial charge in [-0.2, -0.15) is 5.10 Å². The molecule has 3 aromatic carbocycles. The van der Waals surface area contributed by atoms with Crippen LogP contribution in [-0.4, -0.2) is 29.6 Å².